The molecule has 0 amide bonds. The molecule has 0 aliphatic rings. The maximum Gasteiger partial charge on any atom is 0.124 e. The molecule has 0 unspecified atom stereocenters. The van der Waals surface area contributed by atoms with E-state index in [0.29, 0.717) is 0 Å². The van der Waals surface area contributed by atoms with E-state index in [-0.39, 0.29) is 0 Å². The van der Waals surface area contributed by atoms with E-state index in [1.807, 2.05) is 12.1 Å². The van der Waals surface area contributed by atoms with Crippen LogP contribution in [0, 0.1) is 0 Å². The summed E-state index contributed by atoms with van der Waals surface area (Å²) in [6.07, 6.45) is 0. The largest absolute Gasteiger partial charge is 0.311 e. The molecule has 46 heavy (non-hydrogen) atoms. The summed E-state index contributed by atoms with van der Waals surface area (Å²) in [5.41, 5.74) is 10.1. The second kappa shape index (κ2) is 11.3. The van der Waals surface area contributed by atoms with E-state index in [1.165, 1.54) is 30.6 Å². The number of rotatable bonds is 6. The maximum atomic E-state index is 4.88. The molecule has 0 atom stereocenters. The van der Waals surface area contributed by atoms with Crippen molar-refractivity contribution in [2.24, 2.45) is 0 Å². The molecule has 0 fully saturated rings. The summed E-state index contributed by atoms with van der Waals surface area (Å²) in [6, 6.07) is 51.7. The highest BCUT2D eigenvalue weighted by Gasteiger charge is 2.16. The highest BCUT2D eigenvalue weighted by molar-refractivity contribution is 7.22. The first-order chi connectivity index (χ1) is 22.8. The van der Waals surface area contributed by atoms with E-state index in [0.717, 1.165) is 49.2 Å². The Kier molecular flexibility index (Phi) is 6.70. The van der Waals surface area contributed by atoms with Gasteiger partial charge in [-0.15, -0.1) is 34.0 Å². The van der Waals surface area contributed by atoms with Gasteiger partial charge < -0.3 is 4.90 Å². The lowest BCUT2D eigenvalue weighted by molar-refractivity contribution is 1.28. The monoisotopic (exact) mass is 643 g/mol. The molecule has 0 N–H and O–H groups in total. The van der Waals surface area contributed by atoms with Crippen molar-refractivity contribution < 1.29 is 0 Å². The van der Waals surface area contributed by atoms with Crippen molar-refractivity contribution in [2.75, 3.05) is 4.90 Å². The van der Waals surface area contributed by atoms with Crippen molar-refractivity contribution in [1.82, 2.24) is 9.97 Å². The van der Waals surface area contributed by atoms with Gasteiger partial charge in [-0.2, -0.15) is 0 Å². The number of nitrogens with zero attached hydrogens (tertiary/aromatic N) is 3. The van der Waals surface area contributed by atoms with Crippen molar-refractivity contribution in [3.05, 3.63) is 151 Å². The zero-order valence-electron chi connectivity index (χ0n) is 24.5. The van der Waals surface area contributed by atoms with Gasteiger partial charge in [0, 0.05) is 43.8 Å². The summed E-state index contributed by atoms with van der Waals surface area (Å²) in [7, 11) is 0. The zero-order valence-corrected chi connectivity index (χ0v) is 26.9. The molecule has 0 radical (unpaired) electrons. The molecule has 3 heterocycles. The lowest BCUT2D eigenvalue weighted by Gasteiger charge is -2.26. The average Bonchev–Trinajstić information content (AvgIpc) is 3.86. The Hall–Kier alpha value is -5.14. The second-order valence-electron chi connectivity index (χ2n) is 11.1. The fourth-order valence-corrected chi connectivity index (χ4v) is 8.85. The van der Waals surface area contributed by atoms with Crippen LogP contribution in [0.5, 0.6) is 0 Å². The lowest BCUT2D eigenvalue weighted by Crippen LogP contribution is -2.09. The Morgan fingerprint density at radius 3 is 1.35 bits per heavy atom. The molecule has 0 aliphatic heterocycles. The Bertz CT molecular complexity index is 2290. The van der Waals surface area contributed by atoms with Crippen molar-refractivity contribution in [3.8, 4) is 32.3 Å². The van der Waals surface area contributed by atoms with Gasteiger partial charge in [-0.05, 0) is 102 Å². The van der Waals surface area contributed by atoms with Crippen LogP contribution in [0.4, 0.5) is 17.1 Å². The topological polar surface area (TPSA) is 29.0 Å². The van der Waals surface area contributed by atoms with Gasteiger partial charge in [-0.1, -0.05) is 54.6 Å². The Labute approximate surface area is 278 Å². The van der Waals surface area contributed by atoms with Gasteiger partial charge in [0.25, 0.3) is 0 Å². The first kappa shape index (κ1) is 27.2. The van der Waals surface area contributed by atoms with Crippen LogP contribution < -0.4 is 4.90 Å². The number of hydrogen-bond donors (Lipinski definition) is 0. The smallest absolute Gasteiger partial charge is 0.124 e. The zero-order chi connectivity index (χ0) is 30.5. The summed E-state index contributed by atoms with van der Waals surface area (Å²) in [6.45, 7) is 0. The standard InChI is InChI=1S/C40H25N3S3/c1-4-10-36-32(7-1)33(25-44-36)26-13-19-29(20-14-26)43(30-21-15-27(16-22-30)39-41-34-8-2-5-11-37(34)45-39)31-23-17-28(18-24-31)40-42-35-9-3-6-12-38(35)46-40/h1-25H. The van der Waals surface area contributed by atoms with Crippen molar-refractivity contribution in [3.63, 3.8) is 0 Å². The maximum absolute atomic E-state index is 4.88. The molecule has 9 aromatic rings. The Morgan fingerprint density at radius 2 is 0.848 bits per heavy atom. The van der Waals surface area contributed by atoms with Crippen molar-refractivity contribution in [2.45, 2.75) is 0 Å². The number of benzene rings is 6. The lowest BCUT2D eigenvalue weighted by atomic mass is 10.0. The molecular weight excluding hydrogens is 619 g/mol. The van der Waals surface area contributed by atoms with Crippen LogP contribution in [0.2, 0.25) is 0 Å². The van der Waals surface area contributed by atoms with Crippen LogP contribution in [0.1, 0.15) is 0 Å². The molecule has 0 saturated carbocycles. The van der Waals surface area contributed by atoms with Gasteiger partial charge in [-0.3, -0.25) is 0 Å². The third kappa shape index (κ3) is 4.88. The molecule has 6 heteroatoms. The minimum Gasteiger partial charge on any atom is -0.311 e. The predicted octanol–water partition coefficient (Wildman–Crippen LogP) is 12.6. The van der Waals surface area contributed by atoms with Crippen LogP contribution in [-0.2, 0) is 0 Å². The minimum absolute atomic E-state index is 1.03. The molecule has 0 bridgehead atoms. The summed E-state index contributed by atoms with van der Waals surface area (Å²) in [5.74, 6) is 0. The fourth-order valence-electron chi connectivity index (χ4n) is 5.94. The predicted molar refractivity (Wildman–Crippen MR) is 199 cm³/mol. The fraction of sp³-hybridized carbons (Fsp3) is 0. The molecule has 3 nitrogen and oxygen atoms in total. The Balaban J connectivity index is 1.10. The number of anilines is 3. The van der Waals surface area contributed by atoms with Gasteiger partial charge in [0.1, 0.15) is 10.0 Å². The highest BCUT2D eigenvalue weighted by atomic mass is 32.1. The number of fused-ring (bicyclic) bond motifs is 3. The molecule has 0 saturated heterocycles. The molecule has 0 aliphatic carbocycles. The number of thiophene rings is 1. The molecule has 3 aromatic heterocycles. The van der Waals surface area contributed by atoms with Gasteiger partial charge in [-0.25, -0.2) is 9.97 Å². The summed E-state index contributed by atoms with van der Waals surface area (Å²) in [4.78, 5) is 12.1. The van der Waals surface area contributed by atoms with E-state index in [2.05, 4.69) is 144 Å². The van der Waals surface area contributed by atoms with E-state index < -0.39 is 0 Å². The highest BCUT2D eigenvalue weighted by Crippen LogP contribution is 2.40. The van der Waals surface area contributed by atoms with E-state index >= 15 is 0 Å². The molecule has 6 aromatic carbocycles. The minimum atomic E-state index is 1.03. The summed E-state index contributed by atoms with van der Waals surface area (Å²) in [5, 5.41) is 5.63. The number of para-hydroxylation sites is 2. The molecule has 0 spiro atoms. The number of aromatic nitrogens is 2. The van der Waals surface area contributed by atoms with Crippen LogP contribution >= 0.6 is 34.0 Å². The van der Waals surface area contributed by atoms with Crippen LogP contribution in [0.25, 0.3) is 62.8 Å². The van der Waals surface area contributed by atoms with E-state index in [9.17, 15) is 0 Å². The van der Waals surface area contributed by atoms with Crippen LogP contribution in [0.3, 0.4) is 0 Å². The average molecular weight is 644 g/mol. The van der Waals surface area contributed by atoms with Crippen LogP contribution in [0.15, 0.2) is 151 Å². The normalized spacial score (nSPS) is 11.5. The first-order valence-electron chi connectivity index (χ1n) is 15.1. The quantitative estimate of drug-likeness (QED) is 0.181. The van der Waals surface area contributed by atoms with Crippen molar-refractivity contribution in [1.29, 1.82) is 0 Å². The number of hydrogen-bond acceptors (Lipinski definition) is 6. The van der Waals surface area contributed by atoms with E-state index in [4.69, 9.17) is 9.97 Å². The van der Waals surface area contributed by atoms with E-state index in [1.54, 1.807) is 34.0 Å². The molecular formula is C40H25N3S3. The van der Waals surface area contributed by atoms with Gasteiger partial charge in [0.05, 0.1) is 20.4 Å². The van der Waals surface area contributed by atoms with Gasteiger partial charge in [0.15, 0.2) is 0 Å². The third-order valence-electron chi connectivity index (χ3n) is 8.25. The number of thiazole rings is 2. The van der Waals surface area contributed by atoms with Crippen molar-refractivity contribution >= 4 is 81.6 Å². The molecule has 218 valence electrons. The second-order valence-corrected chi connectivity index (χ2v) is 14.1. The molecule has 9 rings (SSSR count). The first-order valence-corrected chi connectivity index (χ1v) is 17.6. The summed E-state index contributed by atoms with van der Waals surface area (Å²) >= 11 is 5.26. The van der Waals surface area contributed by atoms with Crippen LogP contribution in [-0.4, -0.2) is 9.97 Å². The van der Waals surface area contributed by atoms with Gasteiger partial charge in [0.2, 0.25) is 0 Å². The van der Waals surface area contributed by atoms with Gasteiger partial charge >= 0.3 is 0 Å². The third-order valence-corrected chi connectivity index (χ3v) is 11.4. The Morgan fingerprint density at radius 1 is 0.413 bits per heavy atom. The SMILES string of the molecule is c1ccc2sc(-c3ccc(N(c4ccc(-c5nc6ccccc6s5)cc4)c4ccc(-c5csc6ccccc56)cc4)cc3)nc2c1. The summed E-state index contributed by atoms with van der Waals surface area (Å²) < 4.78 is 3.72.